The predicted octanol–water partition coefficient (Wildman–Crippen LogP) is 2.98. The van der Waals surface area contributed by atoms with Crippen LogP contribution in [0, 0.1) is 0 Å². The molecule has 0 fully saturated rings. The number of carbonyl (C=O) groups excluding carboxylic acids is 1. The lowest BCUT2D eigenvalue weighted by molar-refractivity contribution is -0.121. The minimum Gasteiger partial charge on any atom is -0.497 e. The van der Waals surface area contributed by atoms with Crippen LogP contribution in [-0.2, 0) is 11.2 Å². The highest BCUT2D eigenvalue weighted by molar-refractivity contribution is 14.0. The van der Waals surface area contributed by atoms with Crippen molar-refractivity contribution >= 4 is 47.4 Å². The Morgan fingerprint density at radius 2 is 2.00 bits per heavy atom. The standard InChI is InChI=1S/C18H29ClN4O2.HI/c1-5-13(2)23-17(24)9-11-22-18(20-3)21-10-8-14-6-7-15(25-4)12-16(14)19;/h6-7,12-13H,5,8-11H2,1-4H3,(H,23,24)(H2,20,21,22);1H. The molecule has 0 radical (unpaired) electrons. The van der Waals surface area contributed by atoms with Gasteiger partial charge in [-0.3, -0.25) is 9.79 Å². The van der Waals surface area contributed by atoms with E-state index >= 15 is 0 Å². The number of guanidine groups is 1. The largest absolute Gasteiger partial charge is 0.497 e. The second kappa shape index (κ2) is 13.9. The zero-order valence-electron chi connectivity index (χ0n) is 15.9. The van der Waals surface area contributed by atoms with Crippen LogP contribution in [0.1, 0.15) is 32.3 Å². The summed E-state index contributed by atoms with van der Waals surface area (Å²) in [5, 5.41) is 9.98. The molecule has 8 heteroatoms. The molecule has 1 unspecified atom stereocenters. The second-order valence-corrected chi connectivity index (χ2v) is 6.17. The number of hydrogen-bond donors (Lipinski definition) is 3. The Hall–Kier alpha value is -1.22. The lowest BCUT2D eigenvalue weighted by Gasteiger charge is -2.14. The molecule has 1 aromatic carbocycles. The Labute approximate surface area is 178 Å². The van der Waals surface area contributed by atoms with Crippen molar-refractivity contribution in [3.05, 3.63) is 28.8 Å². The maximum atomic E-state index is 11.7. The van der Waals surface area contributed by atoms with Crippen molar-refractivity contribution < 1.29 is 9.53 Å². The van der Waals surface area contributed by atoms with E-state index in [1.165, 1.54) is 0 Å². The molecule has 0 aliphatic rings. The number of ether oxygens (including phenoxy) is 1. The summed E-state index contributed by atoms with van der Waals surface area (Å²) in [6.07, 6.45) is 2.10. The molecule has 1 rings (SSSR count). The first-order valence-electron chi connectivity index (χ1n) is 8.56. The number of hydrogen-bond acceptors (Lipinski definition) is 3. The summed E-state index contributed by atoms with van der Waals surface area (Å²) < 4.78 is 5.14. The third kappa shape index (κ3) is 9.47. The van der Waals surface area contributed by atoms with Gasteiger partial charge in [0.15, 0.2) is 5.96 Å². The fourth-order valence-electron chi connectivity index (χ4n) is 2.14. The zero-order chi connectivity index (χ0) is 18.7. The SMILES string of the molecule is CCC(C)NC(=O)CCNC(=NC)NCCc1ccc(OC)cc1Cl.I. The summed E-state index contributed by atoms with van der Waals surface area (Å²) in [5.41, 5.74) is 1.04. The van der Waals surface area contributed by atoms with E-state index in [0.717, 1.165) is 24.2 Å². The average Bonchev–Trinajstić information content (AvgIpc) is 2.61. The summed E-state index contributed by atoms with van der Waals surface area (Å²) in [6.45, 7) is 5.26. The van der Waals surface area contributed by atoms with Crippen molar-refractivity contribution in [1.29, 1.82) is 0 Å². The summed E-state index contributed by atoms with van der Waals surface area (Å²) in [7, 11) is 3.32. The molecule has 1 aromatic rings. The van der Waals surface area contributed by atoms with Gasteiger partial charge in [0.1, 0.15) is 5.75 Å². The molecule has 0 aliphatic heterocycles. The molecule has 0 aliphatic carbocycles. The van der Waals surface area contributed by atoms with E-state index in [2.05, 4.69) is 20.9 Å². The van der Waals surface area contributed by atoms with Crippen LogP contribution < -0.4 is 20.7 Å². The van der Waals surface area contributed by atoms with Crippen molar-refractivity contribution in [3.8, 4) is 5.75 Å². The van der Waals surface area contributed by atoms with Gasteiger partial charge in [-0.05, 0) is 37.5 Å². The summed E-state index contributed by atoms with van der Waals surface area (Å²) in [4.78, 5) is 15.9. The lowest BCUT2D eigenvalue weighted by atomic mass is 10.1. The topological polar surface area (TPSA) is 74.8 Å². The van der Waals surface area contributed by atoms with Crippen molar-refractivity contribution in [2.45, 2.75) is 39.2 Å². The van der Waals surface area contributed by atoms with E-state index in [1.54, 1.807) is 20.2 Å². The van der Waals surface area contributed by atoms with Crippen molar-refractivity contribution in [2.75, 3.05) is 27.2 Å². The van der Waals surface area contributed by atoms with E-state index < -0.39 is 0 Å². The van der Waals surface area contributed by atoms with Crippen LogP contribution in [0.5, 0.6) is 5.75 Å². The molecular weight excluding hydrogens is 467 g/mol. The number of benzene rings is 1. The van der Waals surface area contributed by atoms with E-state index in [9.17, 15) is 4.79 Å². The minimum absolute atomic E-state index is 0. The van der Waals surface area contributed by atoms with Crippen LogP contribution in [0.4, 0.5) is 0 Å². The van der Waals surface area contributed by atoms with Gasteiger partial charge in [-0.25, -0.2) is 0 Å². The Morgan fingerprint density at radius 3 is 2.58 bits per heavy atom. The monoisotopic (exact) mass is 496 g/mol. The van der Waals surface area contributed by atoms with Gasteiger partial charge in [0.25, 0.3) is 0 Å². The Balaban J connectivity index is 0.00000625. The van der Waals surface area contributed by atoms with E-state index in [1.807, 2.05) is 26.0 Å². The van der Waals surface area contributed by atoms with Gasteiger partial charge in [-0.15, -0.1) is 24.0 Å². The fraction of sp³-hybridized carbons (Fsp3) is 0.556. The molecule has 1 amide bonds. The van der Waals surface area contributed by atoms with Gasteiger partial charge in [0, 0.05) is 37.6 Å². The van der Waals surface area contributed by atoms with E-state index in [-0.39, 0.29) is 35.9 Å². The average molecular weight is 497 g/mol. The molecule has 0 bridgehead atoms. The van der Waals surface area contributed by atoms with Crippen molar-refractivity contribution in [1.82, 2.24) is 16.0 Å². The first-order chi connectivity index (χ1) is 12.0. The minimum atomic E-state index is 0. The Kier molecular flexibility index (Phi) is 13.3. The normalized spacial score (nSPS) is 12.0. The van der Waals surface area contributed by atoms with Crippen LogP contribution in [0.25, 0.3) is 0 Å². The van der Waals surface area contributed by atoms with Crippen LogP contribution in [-0.4, -0.2) is 45.2 Å². The smallest absolute Gasteiger partial charge is 0.221 e. The number of amides is 1. The number of carbonyl (C=O) groups is 1. The molecule has 0 heterocycles. The first kappa shape index (κ1) is 24.8. The molecule has 0 saturated carbocycles. The van der Waals surface area contributed by atoms with Crippen LogP contribution in [0.15, 0.2) is 23.2 Å². The maximum Gasteiger partial charge on any atom is 0.221 e. The highest BCUT2D eigenvalue weighted by Gasteiger charge is 2.06. The Bertz CT molecular complexity index is 584. The number of rotatable bonds is 9. The molecule has 3 N–H and O–H groups in total. The first-order valence-corrected chi connectivity index (χ1v) is 8.94. The predicted molar refractivity (Wildman–Crippen MR) is 119 cm³/mol. The zero-order valence-corrected chi connectivity index (χ0v) is 19.0. The number of halogens is 2. The van der Waals surface area contributed by atoms with Crippen LogP contribution >= 0.6 is 35.6 Å². The van der Waals surface area contributed by atoms with Crippen LogP contribution in [0.3, 0.4) is 0 Å². The number of nitrogens with one attached hydrogen (secondary N) is 3. The van der Waals surface area contributed by atoms with E-state index in [4.69, 9.17) is 16.3 Å². The number of nitrogens with zero attached hydrogens (tertiary/aromatic N) is 1. The molecule has 0 spiro atoms. The molecule has 26 heavy (non-hydrogen) atoms. The van der Waals surface area contributed by atoms with Gasteiger partial charge in [0.2, 0.25) is 5.91 Å². The summed E-state index contributed by atoms with van der Waals surface area (Å²) in [5.74, 6) is 1.46. The summed E-state index contributed by atoms with van der Waals surface area (Å²) in [6, 6.07) is 5.86. The van der Waals surface area contributed by atoms with Gasteiger partial charge in [-0.2, -0.15) is 0 Å². The molecule has 148 valence electrons. The molecule has 1 atom stereocenters. The van der Waals surface area contributed by atoms with E-state index in [0.29, 0.717) is 30.5 Å². The van der Waals surface area contributed by atoms with Crippen molar-refractivity contribution in [2.24, 2.45) is 4.99 Å². The molecule has 0 aromatic heterocycles. The second-order valence-electron chi connectivity index (χ2n) is 5.76. The lowest BCUT2D eigenvalue weighted by Crippen LogP contribution is -2.41. The third-order valence-corrected chi connectivity index (χ3v) is 4.19. The van der Waals surface area contributed by atoms with Gasteiger partial charge < -0.3 is 20.7 Å². The fourth-order valence-corrected chi connectivity index (χ4v) is 2.40. The van der Waals surface area contributed by atoms with Crippen LogP contribution in [0.2, 0.25) is 5.02 Å². The maximum absolute atomic E-state index is 11.7. The molecule has 6 nitrogen and oxygen atoms in total. The number of methoxy groups -OCH3 is 1. The number of aliphatic imine (C=N–C) groups is 1. The van der Waals surface area contributed by atoms with Gasteiger partial charge in [0.05, 0.1) is 7.11 Å². The molecule has 0 saturated heterocycles. The third-order valence-electron chi connectivity index (χ3n) is 3.83. The van der Waals surface area contributed by atoms with Gasteiger partial charge in [-0.1, -0.05) is 24.6 Å². The highest BCUT2D eigenvalue weighted by Crippen LogP contribution is 2.22. The Morgan fingerprint density at radius 1 is 1.31 bits per heavy atom. The summed E-state index contributed by atoms with van der Waals surface area (Å²) >= 11 is 6.23. The molecular formula is C18H30ClIN4O2. The van der Waals surface area contributed by atoms with Gasteiger partial charge >= 0.3 is 0 Å². The van der Waals surface area contributed by atoms with Crippen molar-refractivity contribution in [3.63, 3.8) is 0 Å². The quantitative estimate of drug-likeness (QED) is 0.279. The highest BCUT2D eigenvalue weighted by atomic mass is 127.